The van der Waals surface area contributed by atoms with Crippen LogP contribution < -0.4 is 10.6 Å². The number of benzene rings is 1. The van der Waals surface area contributed by atoms with Crippen molar-refractivity contribution in [2.24, 2.45) is 13.0 Å². The molecule has 1 unspecified atom stereocenters. The van der Waals surface area contributed by atoms with E-state index in [9.17, 15) is 4.79 Å². The van der Waals surface area contributed by atoms with Gasteiger partial charge in [0.2, 0.25) is 5.91 Å². The van der Waals surface area contributed by atoms with Crippen LogP contribution in [0.3, 0.4) is 0 Å². The van der Waals surface area contributed by atoms with Gasteiger partial charge in [0.05, 0.1) is 11.9 Å². The Balaban J connectivity index is 1.59. The monoisotopic (exact) mass is 300 g/mol. The van der Waals surface area contributed by atoms with Crippen molar-refractivity contribution in [1.82, 2.24) is 9.78 Å². The van der Waals surface area contributed by atoms with Crippen molar-refractivity contribution >= 4 is 23.0 Å². The first-order valence-corrected chi connectivity index (χ1v) is 7.42. The normalized spacial score (nSPS) is 17.4. The van der Waals surface area contributed by atoms with E-state index >= 15 is 0 Å². The van der Waals surface area contributed by atoms with Gasteiger partial charge in [-0.15, -0.1) is 0 Å². The third kappa shape index (κ3) is 3.85. The molecule has 2 heterocycles. The fraction of sp³-hybridized carbons (Fsp3) is 0.375. The predicted octanol–water partition coefficient (Wildman–Crippen LogP) is 2.53. The number of rotatable bonds is 5. The van der Waals surface area contributed by atoms with Crippen molar-refractivity contribution in [2.45, 2.75) is 12.8 Å². The first-order valence-electron chi connectivity index (χ1n) is 7.42. The highest BCUT2D eigenvalue weighted by Gasteiger charge is 2.19. The fourth-order valence-corrected chi connectivity index (χ4v) is 2.55. The Morgan fingerprint density at radius 3 is 3.00 bits per heavy atom. The third-order valence-electron chi connectivity index (χ3n) is 3.64. The largest absolute Gasteiger partial charge is 0.381 e. The number of carbonyl (C=O) groups is 1. The lowest BCUT2D eigenvalue weighted by atomic mass is 10.0. The topological polar surface area (TPSA) is 68.2 Å². The molecule has 0 radical (unpaired) electrons. The second-order valence-electron chi connectivity index (χ2n) is 5.59. The zero-order valence-electron chi connectivity index (χ0n) is 12.6. The highest BCUT2D eigenvalue weighted by Crippen LogP contribution is 2.21. The number of aromatic nitrogens is 2. The van der Waals surface area contributed by atoms with Gasteiger partial charge < -0.3 is 15.4 Å². The van der Waals surface area contributed by atoms with E-state index in [2.05, 4.69) is 15.7 Å². The number of hydrogen-bond donors (Lipinski definition) is 2. The Labute approximate surface area is 129 Å². The predicted molar refractivity (Wildman–Crippen MR) is 85.1 cm³/mol. The summed E-state index contributed by atoms with van der Waals surface area (Å²) in [5.41, 5.74) is 2.61. The van der Waals surface area contributed by atoms with Crippen molar-refractivity contribution in [3.63, 3.8) is 0 Å². The number of ether oxygens (including phenoxy) is 1. The fourth-order valence-electron chi connectivity index (χ4n) is 2.55. The van der Waals surface area contributed by atoms with Crippen LogP contribution in [0, 0.1) is 5.92 Å². The van der Waals surface area contributed by atoms with Gasteiger partial charge in [0, 0.05) is 44.3 Å². The summed E-state index contributed by atoms with van der Waals surface area (Å²) in [4.78, 5) is 12.0. The van der Waals surface area contributed by atoms with Gasteiger partial charge in [0.1, 0.15) is 0 Å². The Kier molecular flexibility index (Phi) is 4.39. The molecular weight excluding hydrogens is 280 g/mol. The molecule has 1 fully saturated rings. The summed E-state index contributed by atoms with van der Waals surface area (Å²) in [7, 11) is 1.87. The Hall–Kier alpha value is -2.34. The van der Waals surface area contributed by atoms with Gasteiger partial charge in [-0.2, -0.15) is 5.10 Å². The van der Waals surface area contributed by atoms with Crippen LogP contribution in [0.25, 0.3) is 0 Å². The Morgan fingerprint density at radius 1 is 1.41 bits per heavy atom. The molecule has 1 aliphatic heterocycles. The maximum Gasteiger partial charge on any atom is 0.224 e. The summed E-state index contributed by atoms with van der Waals surface area (Å²) in [6.07, 6.45) is 5.13. The van der Waals surface area contributed by atoms with Crippen LogP contribution in [0.15, 0.2) is 36.7 Å². The lowest BCUT2D eigenvalue weighted by Crippen LogP contribution is -2.16. The molecule has 22 heavy (non-hydrogen) atoms. The molecular formula is C16H20N4O2. The SMILES string of the molecule is Cn1cc(Nc2cccc(NC(=O)CC3CCOC3)c2)cn1. The summed E-state index contributed by atoms with van der Waals surface area (Å²) >= 11 is 0. The van der Waals surface area contributed by atoms with Crippen molar-refractivity contribution < 1.29 is 9.53 Å². The highest BCUT2D eigenvalue weighted by atomic mass is 16.5. The Morgan fingerprint density at radius 2 is 2.27 bits per heavy atom. The first-order chi connectivity index (χ1) is 10.7. The van der Waals surface area contributed by atoms with Crippen molar-refractivity contribution in [1.29, 1.82) is 0 Å². The van der Waals surface area contributed by atoms with E-state index in [4.69, 9.17) is 4.74 Å². The van der Waals surface area contributed by atoms with Crippen LogP contribution in [0.1, 0.15) is 12.8 Å². The zero-order valence-corrected chi connectivity index (χ0v) is 12.6. The van der Waals surface area contributed by atoms with Gasteiger partial charge in [-0.1, -0.05) is 6.07 Å². The molecule has 3 rings (SSSR count). The number of anilines is 3. The molecule has 2 N–H and O–H groups in total. The van der Waals surface area contributed by atoms with Crippen LogP contribution in [0.5, 0.6) is 0 Å². The van der Waals surface area contributed by atoms with Gasteiger partial charge in [0.15, 0.2) is 0 Å². The zero-order chi connectivity index (χ0) is 15.4. The van der Waals surface area contributed by atoms with Gasteiger partial charge in [-0.05, 0) is 30.5 Å². The number of carbonyl (C=O) groups excluding carboxylic acids is 1. The van der Waals surface area contributed by atoms with Gasteiger partial charge >= 0.3 is 0 Å². The molecule has 0 saturated carbocycles. The van der Waals surface area contributed by atoms with E-state index in [0.29, 0.717) is 18.9 Å². The van der Waals surface area contributed by atoms with Crippen LogP contribution in [-0.4, -0.2) is 28.9 Å². The number of nitrogens with zero attached hydrogens (tertiary/aromatic N) is 2. The maximum atomic E-state index is 12.0. The van der Waals surface area contributed by atoms with E-state index in [1.54, 1.807) is 10.9 Å². The summed E-state index contributed by atoms with van der Waals surface area (Å²) in [5, 5.41) is 10.3. The lowest BCUT2D eigenvalue weighted by Gasteiger charge is -2.10. The van der Waals surface area contributed by atoms with E-state index in [0.717, 1.165) is 30.1 Å². The average Bonchev–Trinajstić information content (AvgIpc) is 3.11. The highest BCUT2D eigenvalue weighted by molar-refractivity contribution is 5.91. The lowest BCUT2D eigenvalue weighted by molar-refractivity contribution is -0.117. The molecule has 6 nitrogen and oxygen atoms in total. The van der Waals surface area contributed by atoms with Crippen LogP contribution in [-0.2, 0) is 16.6 Å². The van der Waals surface area contributed by atoms with Gasteiger partial charge in [0.25, 0.3) is 0 Å². The molecule has 6 heteroatoms. The summed E-state index contributed by atoms with van der Waals surface area (Å²) in [5.74, 6) is 0.380. The van der Waals surface area contributed by atoms with Crippen LogP contribution in [0.2, 0.25) is 0 Å². The molecule has 1 aromatic carbocycles. The van der Waals surface area contributed by atoms with Crippen LogP contribution >= 0.6 is 0 Å². The molecule has 0 bridgehead atoms. The molecule has 116 valence electrons. The smallest absolute Gasteiger partial charge is 0.224 e. The molecule has 2 aromatic rings. The number of hydrogen-bond acceptors (Lipinski definition) is 4. The molecule has 1 aliphatic rings. The van der Waals surface area contributed by atoms with Crippen molar-refractivity contribution in [2.75, 3.05) is 23.8 Å². The minimum absolute atomic E-state index is 0.0361. The van der Waals surface area contributed by atoms with E-state index in [1.165, 1.54) is 0 Å². The standard InChI is InChI=1S/C16H20N4O2/c1-20-10-15(9-17-20)18-13-3-2-4-14(8-13)19-16(21)7-12-5-6-22-11-12/h2-4,8-10,12,18H,5-7,11H2,1H3,(H,19,21). The summed E-state index contributed by atoms with van der Waals surface area (Å²) in [6, 6.07) is 7.66. The Bertz CT molecular complexity index is 647. The van der Waals surface area contributed by atoms with Gasteiger partial charge in [-0.3, -0.25) is 9.48 Å². The average molecular weight is 300 g/mol. The molecule has 0 aliphatic carbocycles. The number of amides is 1. The van der Waals surface area contributed by atoms with E-state index in [1.807, 2.05) is 37.5 Å². The van der Waals surface area contributed by atoms with E-state index < -0.39 is 0 Å². The molecule has 0 spiro atoms. The van der Waals surface area contributed by atoms with Crippen molar-refractivity contribution in [3.05, 3.63) is 36.7 Å². The van der Waals surface area contributed by atoms with Crippen LogP contribution in [0.4, 0.5) is 17.1 Å². The minimum Gasteiger partial charge on any atom is -0.381 e. The van der Waals surface area contributed by atoms with E-state index in [-0.39, 0.29) is 5.91 Å². The molecule has 1 atom stereocenters. The van der Waals surface area contributed by atoms with Gasteiger partial charge in [-0.25, -0.2) is 0 Å². The second kappa shape index (κ2) is 6.62. The molecule has 1 amide bonds. The quantitative estimate of drug-likeness (QED) is 0.890. The third-order valence-corrected chi connectivity index (χ3v) is 3.64. The second-order valence-corrected chi connectivity index (χ2v) is 5.59. The van der Waals surface area contributed by atoms with Crippen molar-refractivity contribution in [3.8, 4) is 0 Å². The molecule has 1 aromatic heterocycles. The molecule has 1 saturated heterocycles. The first kappa shape index (κ1) is 14.6. The maximum absolute atomic E-state index is 12.0. The number of aryl methyl sites for hydroxylation is 1. The minimum atomic E-state index is 0.0361. The number of nitrogens with one attached hydrogen (secondary N) is 2. The summed E-state index contributed by atoms with van der Waals surface area (Å²) < 4.78 is 7.03. The summed E-state index contributed by atoms with van der Waals surface area (Å²) in [6.45, 7) is 1.46.